The van der Waals surface area contributed by atoms with Crippen LogP contribution in [0.25, 0.3) is 0 Å². The van der Waals surface area contributed by atoms with Crippen LogP contribution in [0.2, 0.25) is 0 Å². The second-order valence-electron chi connectivity index (χ2n) is 16.1. The number of benzene rings is 2. The lowest BCUT2D eigenvalue weighted by molar-refractivity contribution is -0.0910. The molecular weight excluding hydrogens is 660 g/mol. The molecule has 4 atom stereocenters. The molecule has 0 saturated carbocycles. The molecule has 2 aromatic rings. The minimum absolute atomic E-state index is 0.0346. The van der Waals surface area contributed by atoms with Crippen LogP contribution in [0.5, 0.6) is 0 Å². The Kier molecular flexibility index (Phi) is 12.2. The maximum absolute atomic E-state index is 12.3. The quantitative estimate of drug-likeness (QED) is 0.381. The molecule has 6 rings (SSSR count). The van der Waals surface area contributed by atoms with Gasteiger partial charge in [0, 0.05) is 52.4 Å². The summed E-state index contributed by atoms with van der Waals surface area (Å²) in [4.78, 5) is 32.9. The van der Waals surface area contributed by atoms with E-state index in [9.17, 15) is 20.1 Å². The monoisotopic (exact) mass is 714 g/mol. The first-order valence-corrected chi connectivity index (χ1v) is 18.2. The summed E-state index contributed by atoms with van der Waals surface area (Å²) in [5.41, 5.74) is 4.58. The van der Waals surface area contributed by atoms with E-state index >= 15 is 0 Å². The minimum atomic E-state index is -0.480. The van der Waals surface area contributed by atoms with Gasteiger partial charge in [-0.1, -0.05) is 24.3 Å². The van der Waals surface area contributed by atoms with Gasteiger partial charge in [0.05, 0.1) is 60.8 Å². The molecule has 0 aliphatic carbocycles. The molecule has 4 aliphatic heterocycles. The third-order valence-corrected chi connectivity index (χ3v) is 9.98. The third-order valence-electron chi connectivity index (χ3n) is 9.98. The molecule has 0 radical (unpaired) electrons. The third kappa shape index (κ3) is 9.61. The Morgan fingerprint density at radius 2 is 1.04 bits per heavy atom. The van der Waals surface area contributed by atoms with Crippen molar-refractivity contribution in [2.75, 3.05) is 65.6 Å². The SMILES string of the molecule is Cc1c(C#N)cccc1[C@@H]1CN2CCN(C(=O)OC(C)(C)C)C[C@H]2CO1.Cc1c(C#N)cccc1[C@H]1CN2CCN(C(=O)OC(C)(C)C)C[C@H]2CO1. The number of ether oxygens (including phenoxy) is 4. The van der Waals surface area contributed by atoms with Crippen molar-refractivity contribution >= 4 is 12.2 Å². The van der Waals surface area contributed by atoms with Crippen molar-refractivity contribution in [3.63, 3.8) is 0 Å². The van der Waals surface area contributed by atoms with Gasteiger partial charge < -0.3 is 28.7 Å². The number of piperazine rings is 2. The smallest absolute Gasteiger partial charge is 0.410 e. The van der Waals surface area contributed by atoms with Crippen LogP contribution in [-0.2, 0) is 18.9 Å². The number of fused-ring (bicyclic) bond motifs is 2. The molecule has 2 aromatic carbocycles. The number of nitrogens with zero attached hydrogens (tertiary/aromatic N) is 6. The van der Waals surface area contributed by atoms with Gasteiger partial charge in [0.1, 0.15) is 11.2 Å². The van der Waals surface area contributed by atoms with Crippen LogP contribution in [-0.4, -0.2) is 121 Å². The molecule has 280 valence electrons. The number of rotatable bonds is 2. The molecular formula is C40H54N6O6. The van der Waals surface area contributed by atoms with Crippen molar-refractivity contribution in [1.82, 2.24) is 19.6 Å². The average molecular weight is 715 g/mol. The first-order valence-electron chi connectivity index (χ1n) is 18.2. The number of amides is 2. The van der Waals surface area contributed by atoms with Crippen molar-refractivity contribution in [1.29, 1.82) is 10.5 Å². The molecule has 4 saturated heterocycles. The molecule has 0 unspecified atom stereocenters. The fourth-order valence-corrected chi connectivity index (χ4v) is 7.18. The summed E-state index contributed by atoms with van der Waals surface area (Å²) in [7, 11) is 0. The lowest BCUT2D eigenvalue weighted by Gasteiger charge is -2.46. The van der Waals surface area contributed by atoms with Crippen molar-refractivity contribution in [2.24, 2.45) is 0 Å². The Hall–Kier alpha value is -4.20. The number of morpholine rings is 2. The molecule has 2 amide bonds. The Morgan fingerprint density at radius 1 is 0.654 bits per heavy atom. The van der Waals surface area contributed by atoms with Crippen LogP contribution >= 0.6 is 0 Å². The highest BCUT2D eigenvalue weighted by atomic mass is 16.6. The van der Waals surface area contributed by atoms with Crippen LogP contribution in [0.4, 0.5) is 9.59 Å². The van der Waals surface area contributed by atoms with Crippen molar-refractivity contribution in [2.45, 2.75) is 90.9 Å². The van der Waals surface area contributed by atoms with Crippen LogP contribution in [0, 0.1) is 36.5 Å². The van der Waals surface area contributed by atoms with E-state index in [1.54, 1.807) is 9.80 Å². The summed E-state index contributed by atoms with van der Waals surface area (Å²) >= 11 is 0. The molecule has 4 heterocycles. The molecule has 4 aliphatic rings. The maximum atomic E-state index is 12.3. The highest BCUT2D eigenvalue weighted by Crippen LogP contribution is 2.32. The normalized spacial score (nSPS) is 23.9. The van der Waals surface area contributed by atoms with Gasteiger partial charge >= 0.3 is 12.2 Å². The zero-order chi connectivity index (χ0) is 37.8. The Bertz CT molecular complexity index is 1560. The van der Waals surface area contributed by atoms with Crippen LogP contribution in [0.3, 0.4) is 0 Å². The van der Waals surface area contributed by atoms with Gasteiger partial charge in [-0.25, -0.2) is 9.59 Å². The molecule has 12 nitrogen and oxygen atoms in total. The summed E-state index contributed by atoms with van der Waals surface area (Å²) in [5, 5.41) is 18.5. The zero-order valence-electron chi connectivity index (χ0n) is 32.0. The second kappa shape index (κ2) is 16.2. The van der Waals surface area contributed by atoms with E-state index in [1.807, 2.05) is 91.8 Å². The fraction of sp³-hybridized carbons (Fsp3) is 0.600. The van der Waals surface area contributed by atoms with Gasteiger partial charge in [0.2, 0.25) is 0 Å². The number of hydrogen-bond acceptors (Lipinski definition) is 10. The van der Waals surface area contributed by atoms with E-state index < -0.39 is 11.2 Å². The summed E-state index contributed by atoms with van der Waals surface area (Å²) in [6.07, 6.45) is -0.575. The van der Waals surface area contributed by atoms with E-state index in [2.05, 4.69) is 21.9 Å². The predicted molar refractivity (Wildman–Crippen MR) is 196 cm³/mol. The van der Waals surface area contributed by atoms with Gasteiger partial charge in [0.15, 0.2) is 0 Å². The van der Waals surface area contributed by atoms with E-state index in [0.717, 1.165) is 48.4 Å². The summed E-state index contributed by atoms with van der Waals surface area (Å²) < 4.78 is 23.2. The predicted octanol–water partition coefficient (Wildman–Crippen LogP) is 5.72. The topological polar surface area (TPSA) is 132 Å². The molecule has 4 fully saturated rings. The van der Waals surface area contributed by atoms with E-state index in [0.29, 0.717) is 50.5 Å². The average Bonchev–Trinajstić information content (AvgIpc) is 3.10. The standard InChI is InChI=1S/2C20H27N3O3/c2*1-14-15(10-21)6-5-7-17(14)18-12-22-8-9-23(11-16(22)13-25-18)19(24)26-20(2,3)4/h2*5-7,16,18H,8-9,11-13H2,1-4H3/t16-,18+;16-,18-/m00/s1. The second-order valence-corrected chi connectivity index (χ2v) is 16.1. The molecule has 0 N–H and O–H groups in total. The van der Waals surface area contributed by atoms with Crippen LogP contribution < -0.4 is 0 Å². The number of nitriles is 2. The van der Waals surface area contributed by atoms with E-state index in [-0.39, 0.29) is 36.5 Å². The number of carbonyl (C=O) groups is 2. The van der Waals surface area contributed by atoms with Crippen LogP contribution in [0.15, 0.2) is 36.4 Å². The van der Waals surface area contributed by atoms with E-state index in [1.165, 1.54) is 0 Å². The number of carbonyl (C=O) groups excluding carboxylic acids is 2. The van der Waals surface area contributed by atoms with Crippen molar-refractivity contribution in [3.05, 3.63) is 69.8 Å². The summed E-state index contributed by atoms with van der Waals surface area (Å²) in [6.45, 7) is 22.1. The molecule has 52 heavy (non-hydrogen) atoms. The molecule has 0 aromatic heterocycles. The summed E-state index contributed by atoms with van der Waals surface area (Å²) in [5.74, 6) is 0. The summed E-state index contributed by atoms with van der Waals surface area (Å²) in [6, 6.07) is 16.4. The molecule has 12 heteroatoms. The zero-order valence-corrected chi connectivity index (χ0v) is 32.0. The lowest BCUT2D eigenvalue weighted by Crippen LogP contribution is -2.60. The first-order chi connectivity index (χ1) is 24.6. The van der Waals surface area contributed by atoms with Gasteiger partial charge in [0.25, 0.3) is 0 Å². The highest BCUT2D eigenvalue weighted by Gasteiger charge is 2.39. The van der Waals surface area contributed by atoms with Crippen molar-refractivity contribution in [3.8, 4) is 12.1 Å². The molecule has 0 bridgehead atoms. The Balaban J connectivity index is 0.000000201. The first kappa shape index (κ1) is 39.0. The van der Waals surface area contributed by atoms with E-state index in [4.69, 9.17) is 18.9 Å². The Labute approximate surface area is 308 Å². The van der Waals surface area contributed by atoms with Gasteiger partial charge in [-0.05, 0) is 89.8 Å². The maximum Gasteiger partial charge on any atom is 0.410 e. The minimum Gasteiger partial charge on any atom is -0.444 e. The number of hydrogen-bond donors (Lipinski definition) is 0. The fourth-order valence-electron chi connectivity index (χ4n) is 7.18. The molecule has 0 spiro atoms. The Morgan fingerprint density at radius 3 is 1.38 bits per heavy atom. The van der Waals surface area contributed by atoms with Crippen LogP contribution in [0.1, 0.15) is 87.1 Å². The van der Waals surface area contributed by atoms with Crippen molar-refractivity contribution < 1.29 is 28.5 Å². The van der Waals surface area contributed by atoms with Gasteiger partial charge in [-0.15, -0.1) is 0 Å². The highest BCUT2D eigenvalue weighted by molar-refractivity contribution is 5.68. The van der Waals surface area contributed by atoms with Gasteiger partial charge in [-0.2, -0.15) is 10.5 Å². The van der Waals surface area contributed by atoms with Gasteiger partial charge in [-0.3, -0.25) is 9.80 Å². The largest absolute Gasteiger partial charge is 0.444 e. The lowest BCUT2D eigenvalue weighted by atomic mass is 9.96.